The van der Waals surface area contributed by atoms with Gasteiger partial charge < -0.3 is 9.34 Å². The van der Waals surface area contributed by atoms with Crippen molar-refractivity contribution >= 4 is 36.7 Å². The fourth-order valence-corrected chi connectivity index (χ4v) is 10.4. The van der Waals surface area contributed by atoms with Crippen molar-refractivity contribution in [1.29, 1.82) is 0 Å². The van der Waals surface area contributed by atoms with Gasteiger partial charge in [0.1, 0.15) is 0 Å². The second kappa shape index (κ2) is 13.1. The van der Waals surface area contributed by atoms with E-state index in [4.69, 9.17) is 12.2 Å². The lowest BCUT2D eigenvalue weighted by Crippen LogP contribution is -2.25. The maximum absolute atomic E-state index is 5.73. The Bertz CT molecular complexity index is 1400. The molecule has 2 atom stereocenters. The number of hydrogen-bond acceptors (Lipinski definition) is 3. The lowest BCUT2D eigenvalue weighted by atomic mass is 9.91. The largest absolute Gasteiger partial charge is 0.323 e. The Morgan fingerprint density at radius 2 is 1.02 bits per heavy atom. The molecule has 5 rings (SSSR count). The highest BCUT2D eigenvalue weighted by Gasteiger charge is 2.50. The molecule has 218 valence electrons. The van der Waals surface area contributed by atoms with E-state index in [1.807, 2.05) is 0 Å². The van der Waals surface area contributed by atoms with E-state index in [0.29, 0.717) is 0 Å². The molecule has 4 aromatic rings. The van der Waals surface area contributed by atoms with Crippen molar-refractivity contribution < 1.29 is 0 Å². The van der Waals surface area contributed by atoms with Crippen LogP contribution in [0.1, 0.15) is 82.8 Å². The van der Waals surface area contributed by atoms with E-state index >= 15 is 0 Å². The molecule has 0 unspecified atom stereocenters. The molecule has 0 N–H and O–H groups in total. The van der Waals surface area contributed by atoms with Gasteiger partial charge >= 0.3 is 0 Å². The van der Waals surface area contributed by atoms with Gasteiger partial charge in [-0.25, -0.2) is 0 Å². The van der Waals surface area contributed by atoms with E-state index in [1.165, 1.54) is 60.7 Å². The predicted octanol–water partition coefficient (Wildman–Crippen LogP) is 11.2. The summed E-state index contributed by atoms with van der Waals surface area (Å²) < 4.78 is 5.69. The van der Waals surface area contributed by atoms with E-state index < -0.39 is 8.22 Å². The summed E-state index contributed by atoms with van der Waals surface area (Å²) in [4.78, 5) is 1.19. The van der Waals surface area contributed by atoms with Crippen LogP contribution >= 0.6 is 20.4 Å². The van der Waals surface area contributed by atoms with Gasteiger partial charge in [0, 0.05) is 17.5 Å². The van der Waals surface area contributed by atoms with E-state index in [0.717, 1.165) is 25.4 Å². The lowest BCUT2D eigenvalue weighted by molar-refractivity contribution is 0.616. The van der Waals surface area contributed by atoms with E-state index in [9.17, 15) is 0 Å². The molecule has 0 spiro atoms. The smallest absolute Gasteiger partial charge is 0.0964 e. The SMILES string of the molecule is CCC(=S)CCCP1N(c2c(C)cc(C)cc2C)[C@H](c2ccccc2)[C@@H](c2ccccc2)N1c1c(C)cc(C)cc1C. The highest BCUT2D eigenvalue weighted by molar-refractivity contribution is 7.80. The molecule has 4 heteroatoms. The summed E-state index contributed by atoms with van der Waals surface area (Å²) in [5, 5.41) is 0. The van der Waals surface area contributed by atoms with Gasteiger partial charge in [0.2, 0.25) is 0 Å². The van der Waals surface area contributed by atoms with Gasteiger partial charge in [-0.2, -0.15) is 0 Å². The van der Waals surface area contributed by atoms with E-state index in [1.54, 1.807) is 0 Å². The quantitative estimate of drug-likeness (QED) is 0.141. The zero-order valence-electron chi connectivity index (χ0n) is 26.3. The zero-order valence-corrected chi connectivity index (χ0v) is 28.0. The molecular weight excluding hydrogens is 547 g/mol. The first-order valence-electron chi connectivity index (χ1n) is 15.3. The molecular formula is C38H45N2PS. The summed E-state index contributed by atoms with van der Waals surface area (Å²) in [5.74, 6) is 0. The summed E-state index contributed by atoms with van der Waals surface area (Å²) in [6.07, 6.45) is 4.19. The van der Waals surface area contributed by atoms with Crippen molar-refractivity contribution in [2.75, 3.05) is 15.5 Å². The second-order valence-corrected chi connectivity index (χ2v) is 14.6. The number of nitrogens with zero attached hydrogens (tertiary/aromatic N) is 2. The first-order chi connectivity index (χ1) is 20.2. The highest BCUT2D eigenvalue weighted by Crippen LogP contribution is 2.68. The van der Waals surface area contributed by atoms with Gasteiger partial charge in [0.15, 0.2) is 0 Å². The summed E-state index contributed by atoms with van der Waals surface area (Å²) >= 11 is 5.73. The standard InChI is InChI=1S/C38H45N2PS/c1-8-34(42)20-15-21-41-39(35-28(4)22-26(2)23-29(35)5)37(32-16-11-9-12-17-32)38(33-18-13-10-14-19-33)40(41)36-30(6)24-27(3)25-31(36)7/h9-14,16-19,22-25,37-38H,8,15,20-21H2,1-7H3/t37-,38-/m1/s1. The molecule has 1 aliphatic heterocycles. The van der Waals surface area contributed by atoms with Gasteiger partial charge in [-0.05, 0) is 99.1 Å². The molecule has 0 bridgehead atoms. The van der Waals surface area contributed by atoms with Crippen LogP contribution in [0.25, 0.3) is 0 Å². The van der Waals surface area contributed by atoms with Crippen molar-refractivity contribution in [1.82, 2.24) is 0 Å². The normalized spacial score (nSPS) is 17.2. The first kappa shape index (κ1) is 30.5. The highest BCUT2D eigenvalue weighted by atomic mass is 32.1. The Balaban J connectivity index is 1.82. The number of hydrogen-bond donors (Lipinski definition) is 0. The van der Waals surface area contributed by atoms with Gasteiger partial charge in [0.05, 0.1) is 20.3 Å². The van der Waals surface area contributed by atoms with Crippen LogP contribution in [0.5, 0.6) is 0 Å². The summed E-state index contributed by atoms with van der Waals surface area (Å²) in [6.45, 7) is 15.8. The van der Waals surface area contributed by atoms with Gasteiger partial charge in [-0.1, -0.05) is 115 Å². The Morgan fingerprint density at radius 1 is 0.643 bits per heavy atom. The fraction of sp³-hybridized carbons (Fsp3) is 0.342. The van der Waals surface area contributed by atoms with Crippen molar-refractivity contribution in [3.63, 3.8) is 0 Å². The van der Waals surface area contributed by atoms with Crippen LogP contribution in [0.3, 0.4) is 0 Å². The Kier molecular flexibility index (Phi) is 9.50. The fourth-order valence-electron chi connectivity index (χ4n) is 6.99. The van der Waals surface area contributed by atoms with Gasteiger partial charge in [0.25, 0.3) is 0 Å². The van der Waals surface area contributed by atoms with Crippen molar-refractivity contribution in [2.45, 2.75) is 79.8 Å². The molecule has 0 radical (unpaired) electrons. The zero-order chi connectivity index (χ0) is 30.0. The van der Waals surface area contributed by atoms with Crippen molar-refractivity contribution in [3.05, 3.63) is 129 Å². The molecule has 0 saturated carbocycles. The third-order valence-corrected chi connectivity index (χ3v) is 11.6. The van der Waals surface area contributed by atoms with Crippen molar-refractivity contribution in [2.24, 2.45) is 0 Å². The molecule has 4 aromatic carbocycles. The van der Waals surface area contributed by atoms with E-state index in [-0.39, 0.29) is 12.1 Å². The van der Waals surface area contributed by atoms with E-state index in [2.05, 4.69) is 143 Å². The monoisotopic (exact) mass is 592 g/mol. The lowest BCUT2D eigenvalue weighted by Gasteiger charge is -2.37. The van der Waals surface area contributed by atoms with Crippen LogP contribution in [-0.2, 0) is 0 Å². The molecule has 42 heavy (non-hydrogen) atoms. The molecule has 2 nitrogen and oxygen atoms in total. The molecule has 0 amide bonds. The molecule has 0 aromatic heterocycles. The maximum Gasteiger partial charge on any atom is 0.0964 e. The van der Waals surface area contributed by atoms with Crippen LogP contribution in [0.4, 0.5) is 11.4 Å². The third kappa shape index (κ3) is 6.05. The average molecular weight is 593 g/mol. The first-order valence-corrected chi connectivity index (χ1v) is 17.2. The minimum Gasteiger partial charge on any atom is -0.323 e. The van der Waals surface area contributed by atoms with Crippen LogP contribution in [-0.4, -0.2) is 11.0 Å². The maximum atomic E-state index is 5.73. The Hall–Kier alpha value is -3.00. The third-order valence-electron chi connectivity index (χ3n) is 8.54. The van der Waals surface area contributed by atoms with Gasteiger partial charge in [-0.15, -0.1) is 0 Å². The topological polar surface area (TPSA) is 6.48 Å². The number of thiocarbonyl (C=S) groups is 1. The molecule has 1 aliphatic rings. The molecule has 1 saturated heterocycles. The minimum atomic E-state index is -0.763. The Morgan fingerprint density at radius 3 is 1.38 bits per heavy atom. The van der Waals surface area contributed by atoms with Gasteiger partial charge in [-0.3, -0.25) is 0 Å². The van der Waals surface area contributed by atoms with Crippen LogP contribution < -0.4 is 9.34 Å². The molecule has 1 heterocycles. The molecule has 0 aliphatic carbocycles. The van der Waals surface area contributed by atoms with Crippen molar-refractivity contribution in [3.8, 4) is 0 Å². The Labute approximate surface area is 260 Å². The predicted molar refractivity (Wildman–Crippen MR) is 189 cm³/mol. The average Bonchev–Trinajstić information content (AvgIpc) is 3.27. The molecule has 1 fully saturated rings. The van der Waals surface area contributed by atoms with Crippen LogP contribution in [0, 0.1) is 41.5 Å². The van der Waals surface area contributed by atoms with Crippen LogP contribution in [0.15, 0.2) is 84.9 Å². The van der Waals surface area contributed by atoms with Crippen LogP contribution in [0.2, 0.25) is 0 Å². The number of benzene rings is 4. The number of rotatable bonds is 9. The summed E-state index contributed by atoms with van der Waals surface area (Å²) in [7, 11) is -0.763. The second-order valence-electron chi connectivity index (χ2n) is 12.0. The number of anilines is 2. The number of aryl methyl sites for hydroxylation is 6. The minimum absolute atomic E-state index is 0.165. The summed E-state index contributed by atoms with van der Waals surface area (Å²) in [6, 6.07) is 32.3. The summed E-state index contributed by atoms with van der Waals surface area (Å²) in [5.41, 5.74) is 13.6.